The minimum absolute atomic E-state index is 0.119. The van der Waals surface area contributed by atoms with Crippen LogP contribution in [0.1, 0.15) is 17.0 Å². The number of furan rings is 1. The molecule has 3 rings (SSSR count). The van der Waals surface area contributed by atoms with Gasteiger partial charge < -0.3 is 14.5 Å². The highest BCUT2D eigenvalue weighted by atomic mass is 19.1. The molecule has 0 spiro atoms. The zero-order chi connectivity index (χ0) is 13.2. The van der Waals surface area contributed by atoms with Crippen molar-refractivity contribution in [3.8, 4) is 0 Å². The Morgan fingerprint density at radius 3 is 3.11 bits per heavy atom. The van der Waals surface area contributed by atoms with Gasteiger partial charge in [-0.3, -0.25) is 4.79 Å². The molecule has 1 aliphatic rings. The highest BCUT2D eigenvalue weighted by molar-refractivity contribution is 5.97. The summed E-state index contributed by atoms with van der Waals surface area (Å²) in [5, 5.41) is 3.77. The number of hydrogen-bond acceptors (Lipinski definition) is 4. The molecule has 1 aromatic carbocycles. The molecule has 1 saturated heterocycles. The van der Waals surface area contributed by atoms with Crippen LogP contribution in [0.5, 0.6) is 0 Å². The molecule has 1 unspecified atom stereocenters. The van der Waals surface area contributed by atoms with Gasteiger partial charge in [-0.25, -0.2) is 4.39 Å². The number of morpholine rings is 1. The first kappa shape index (κ1) is 12.3. The number of nitrogens with one attached hydrogen (secondary N) is 1. The van der Waals surface area contributed by atoms with E-state index in [4.69, 9.17) is 9.15 Å². The number of benzene rings is 1. The molecule has 0 saturated carbocycles. The van der Waals surface area contributed by atoms with Gasteiger partial charge in [-0.05, 0) is 24.3 Å². The van der Waals surface area contributed by atoms with Crippen LogP contribution in [0, 0.1) is 5.82 Å². The first-order valence-electron chi connectivity index (χ1n) is 6.27. The Labute approximate surface area is 109 Å². The molecular formula is C14H14FNO3. The number of carbonyl (C=O) groups excluding carboxylic acids is 1. The Balaban J connectivity index is 1.77. The minimum Gasteiger partial charge on any atom is -0.453 e. The van der Waals surface area contributed by atoms with Crippen LogP contribution in [0.15, 0.2) is 28.7 Å². The second-order valence-corrected chi connectivity index (χ2v) is 4.62. The number of halogens is 1. The Kier molecular flexibility index (Phi) is 3.31. The van der Waals surface area contributed by atoms with E-state index in [9.17, 15) is 9.18 Å². The van der Waals surface area contributed by atoms with Gasteiger partial charge in [-0.2, -0.15) is 0 Å². The van der Waals surface area contributed by atoms with E-state index in [1.54, 1.807) is 6.07 Å². The fourth-order valence-corrected chi connectivity index (χ4v) is 2.21. The number of carbonyl (C=O) groups is 1. The summed E-state index contributed by atoms with van der Waals surface area (Å²) < 4.78 is 24.0. The third kappa shape index (κ3) is 2.67. The number of ketones is 1. The van der Waals surface area contributed by atoms with Gasteiger partial charge in [0, 0.05) is 24.9 Å². The molecular weight excluding hydrogens is 249 g/mol. The summed E-state index contributed by atoms with van der Waals surface area (Å²) in [5.74, 6) is -0.202. The van der Waals surface area contributed by atoms with Gasteiger partial charge >= 0.3 is 0 Å². The Hall–Kier alpha value is -1.72. The fraction of sp³-hybridized carbons (Fsp3) is 0.357. The first-order chi connectivity index (χ1) is 9.22. The lowest BCUT2D eigenvalue weighted by molar-refractivity contribution is 0.0234. The molecule has 19 heavy (non-hydrogen) atoms. The highest BCUT2D eigenvalue weighted by Gasteiger charge is 2.20. The van der Waals surface area contributed by atoms with Gasteiger partial charge in [0.25, 0.3) is 0 Å². The van der Waals surface area contributed by atoms with Gasteiger partial charge in [0.1, 0.15) is 11.4 Å². The normalized spacial score (nSPS) is 19.7. The zero-order valence-corrected chi connectivity index (χ0v) is 10.3. The molecule has 2 heterocycles. The van der Waals surface area contributed by atoms with Crippen LogP contribution in [0.25, 0.3) is 11.0 Å². The molecule has 0 bridgehead atoms. The smallest absolute Gasteiger partial charge is 0.200 e. The first-order valence-corrected chi connectivity index (χ1v) is 6.27. The number of Topliss-reactive ketones (excluding diaryl/α,β-unsaturated/α-hetero) is 1. The maximum absolute atomic E-state index is 13.1. The maximum atomic E-state index is 13.1. The summed E-state index contributed by atoms with van der Waals surface area (Å²) in [6.45, 7) is 2.10. The standard InChI is InChI=1S/C14H14FNO3/c15-10-1-2-13-9(5-10)6-14(19-13)12(17)7-11-8-16-3-4-18-11/h1-2,5-6,11,16H,3-4,7-8H2. The van der Waals surface area contributed by atoms with Crippen molar-refractivity contribution in [3.05, 3.63) is 35.8 Å². The lowest BCUT2D eigenvalue weighted by Crippen LogP contribution is -2.39. The SMILES string of the molecule is O=C(CC1CNCCO1)c1cc2cc(F)ccc2o1. The maximum Gasteiger partial charge on any atom is 0.200 e. The summed E-state index contributed by atoms with van der Waals surface area (Å²) >= 11 is 0. The van der Waals surface area contributed by atoms with Crippen LogP contribution in [0.2, 0.25) is 0 Å². The predicted octanol–water partition coefficient (Wildman–Crippen LogP) is 2.13. The van der Waals surface area contributed by atoms with Crippen molar-refractivity contribution in [2.24, 2.45) is 0 Å². The van der Waals surface area contributed by atoms with Crippen molar-refractivity contribution in [1.82, 2.24) is 5.32 Å². The van der Waals surface area contributed by atoms with Crippen LogP contribution in [-0.4, -0.2) is 31.6 Å². The topological polar surface area (TPSA) is 51.5 Å². The monoisotopic (exact) mass is 263 g/mol. The average Bonchev–Trinajstić information content (AvgIpc) is 2.83. The van der Waals surface area contributed by atoms with Gasteiger partial charge in [-0.15, -0.1) is 0 Å². The van der Waals surface area contributed by atoms with Crippen LogP contribution in [0.3, 0.4) is 0 Å². The van der Waals surface area contributed by atoms with Gasteiger partial charge in [0.2, 0.25) is 5.78 Å². The van der Waals surface area contributed by atoms with Crippen molar-refractivity contribution in [1.29, 1.82) is 0 Å². The number of hydrogen-bond donors (Lipinski definition) is 1. The van der Waals surface area contributed by atoms with E-state index >= 15 is 0 Å². The van der Waals surface area contributed by atoms with Crippen molar-refractivity contribution in [2.75, 3.05) is 19.7 Å². The number of fused-ring (bicyclic) bond motifs is 1. The molecule has 5 heteroatoms. The quantitative estimate of drug-likeness (QED) is 0.862. The Bertz CT molecular complexity index is 602. The van der Waals surface area contributed by atoms with Crippen LogP contribution in [0.4, 0.5) is 4.39 Å². The second-order valence-electron chi connectivity index (χ2n) is 4.62. The third-order valence-corrected chi connectivity index (χ3v) is 3.17. The lowest BCUT2D eigenvalue weighted by atomic mass is 10.1. The largest absolute Gasteiger partial charge is 0.453 e. The molecule has 0 aliphatic carbocycles. The van der Waals surface area contributed by atoms with Crippen LogP contribution in [-0.2, 0) is 4.74 Å². The average molecular weight is 263 g/mol. The number of ether oxygens (including phenoxy) is 1. The van der Waals surface area contributed by atoms with Gasteiger partial charge in [0.15, 0.2) is 5.76 Å². The van der Waals surface area contributed by atoms with Gasteiger partial charge in [-0.1, -0.05) is 0 Å². The minimum atomic E-state index is -0.341. The summed E-state index contributed by atoms with van der Waals surface area (Å²) in [6, 6.07) is 5.78. The predicted molar refractivity (Wildman–Crippen MR) is 67.7 cm³/mol. The molecule has 1 aliphatic heterocycles. The van der Waals surface area contributed by atoms with Gasteiger partial charge in [0.05, 0.1) is 12.7 Å². The van der Waals surface area contributed by atoms with Crippen molar-refractivity contribution < 1.29 is 18.3 Å². The second kappa shape index (κ2) is 5.11. The van der Waals surface area contributed by atoms with E-state index < -0.39 is 0 Å². The third-order valence-electron chi connectivity index (χ3n) is 3.17. The summed E-state index contributed by atoms with van der Waals surface area (Å²) in [7, 11) is 0. The summed E-state index contributed by atoms with van der Waals surface area (Å²) in [4.78, 5) is 12.1. The lowest BCUT2D eigenvalue weighted by Gasteiger charge is -2.22. The van der Waals surface area contributed by atoms with Crippen molar-refractivity contribution in [3.63, 3.8) is 0 Å². The molecule has 2 aromatic rings. The van der Waals surface area contributed by atoms with Crippen LogP contribution < -0.4 is 5.32 Å². The zero-order valence-electron chi connectivity index (χ0n) is 10.3. The molecule has 1 aromatic heterocycles. The molecule has 1 N–H and O–H groups in total. The van der Waals surface area contributed by atoms with E-state index in [0.717, 1.165) is 6.54 Å². The van der Waals surface area contributed by atoms with Crippen molar-refractivity contribution >= 4 is 16.8 Å². The molecule has 100 valence electrons. The van der Waals surface area contributed by atoms with E-state index in [1.165, 1.54) is 18.2 Å². The molecule has 0 amide bonds. The Morgan fingerprint density at radius 1 is 1.42 bits per heavy atom. The molecule has 1 fully saturated rings. The van der Waals surface area contributed by atoms with E-state index in [1.807, 2.05) is 0 Å². The van der Waals surface area contributed by atoms with E-state index in [2.05, 4.69) is 5.32 Å². The Morgan fingerprint density at radius 2 is 2.32 bits per heavy atom. The van der Waals surface area contributed by atoms with Crippen molar-refractivity contribution in [2.45, 2.75) is 12.5 Å². The van der Waals surface area contributed by atoms with Crippen LogP contribution >= 0.6 is 0 Å². The molecule has 4 nitrogen and oxygen atoms in total. The fourth-order valence-electron chi connectivity index (χ4n) is 2.21. The summed E-state index contributed by atoms with van der Waals surface area (Å²) in [5.41, 5.74) is 0.521. The molecule has 1 atom stereocenters. The highest BCUT2D eigenvalue weighted by Crippen LogP contribution is 2.22. The molecule has 0 radical (unpaired) electrons. The summed E-state index contributed by atoms with van der Waals surface area (Å²) in [6.07, 6.45) is 0.154. The number of rotatable bonds is 3. The van der Waals surface area contributed by atoms with E-state index in [-0.39, 0.29) is 29.9 Å². The van der Waals surface area contributed by atoms with E-state index in [0.29, 0.717) is 24.1 Å².